The Hall–Kier alpha value is -0.920. The van der Waals surface area contributed by atoms with E-state index in [0.717, 1.165) is 19.3 Å². The van der Waals surface area contributed by atoms with Crippen molar-refractivity contribution in [2.24, 2.45) is 5.18 Å². The highest BCUT2D eigenvalue weighted by atomic mass is 16.8. The second-order valence-electron chi connectivity index (χ2n) is 4.69. The Morgan fingerprint density at radius 1 is 1.24 bits per heavy atom. The maximum atomic E-state index is 10.3. The lowest BCUT2D eigenvalue weighted by Crippen LogP contribution is -2.25. The molecular formula is C13H21NO3. The summed E-state index contributed by atoms with van der Waals surface area (Å²) >= 11 is 0. The Balaban J connectivity index is 2.43. The number of nitrogens with zero attached hydrogens (tertiary/aromatic N) is 1. The van der Waals surface area contributed by atoms with Gasteiger partial charge in [0.2, 0.25) is 0 Å². The summed E-state index contributed by atoms with van der Waals surface area (Å²) in [5.74, 6) is 5.56. The van der Waals surface area contributed by atoms with Gasteiger partial charge in [-0.2, -0.15) is 4.91 Å². The van der Waals surface area contributed by atoms with Crippen LogP contribution in [0.25, 0.3) is 0 Å². The van der Waals surface area contributed by atoms with Crippen molar-refractivity contribution in [3.05, 3.63) is 4.91 Å². The predicted molar refractivity (Wildman–Crippen MR) is 66.4 cm³/mol. The molecule has 1 saturated heterocycles. The van der Waals surface area contributed by atoms with Crippen molar-refractivity contribution in [3.8, 4) is 11.8 Å². The number of nitroso groups, excluding NO2 is 1. The van der Waals surface area contributed by atoms with E-state index in [-0.39, 0.29) is 18.8 Å². The molecule has 96 valence electrons. The van der Waals surface area contributed by atoms with Gasteiger partial charge in [0.25, 0.3) is 0 Å². The molecule has 1 rings (SSSR count). The maximum Gasteiger partial charge on any atom is 0.163 e. The third-order valence-corrected chi connectivity index (χ3v) is 2.62. The van der Waals surface area contributed by atoms with Crippen LogP contribution < -0.4 is 0 Å². The molecule has 0 aliphatic carbocycles. The topological polar surface area (TPSA) is 47.9 Å². The first kappa shape index (κ1) is 14.1. The summed E-state index contributed by atoms with van der Waals surface area (Å²) in [6, 6.07) is 0. The normalized spacial score (nSPS) is 26.3. The summed E-state index contributed by atoms with van der Waals surface area (Å²) < 4.78 is 11.3. The molecule has 0 aromatic carbocycles. The molecule has 17 heavy (non-hydrogen) atoms. The first-order valence-corrected chi connectivity index (χ1v) is 6.19. The SMILES string of the molecule is CCCCC#CCC1OC(C)(C)OC1CN=O. The summed E-state index contributed by atoms with van der Waals surface area (Å²) in [7, 11) is 0. The number of unbranched alkanes of at least 4 members (excludes halogenated alkanes) is 2. The molecule has 4 heteroatoms. The van der Waals surface area contributed by atoms with Crippen molar-refractivity contribution >= 4 is 0 Å². The van der Waals surface area contributed by atoms with Crippen LogP contribution in [0.5, 0.6) is 0 Å². The zero-order valence-electron chi connectivity index (χ0n) is 10.9. The van der Waals surface area contributed by atoms with Crippen LogP contribution in [0, 0.1) is 16.7 Å². The van der Waals surface area contributed by atoms with Crippen LogP contribution in [0.1, 0.15) is 46.5 Å². The van der Waals surface area contributed by atoms with E-state index in [2.05, 4.69) is 23.9 Å². The Labute approximate surface area is 103 Å². The van der Waals surface area contributed by atoms with Crippen LogP contribution in [-0.4, -0.2) is 24.5 Å². The van der Waals surface area contributed by atoms with Gasteiger partial charge in [-0.25, -0.2) is 0 Å². The predicted octanol–water partition coefficient (Wildman–Crippen LogP) is 2.86. The minimum atomic E-state index is -0.634. The highest BCUT2D eigenvalue weighted by Crippen LogP contribution is 2.29. The van der Waals surface area contributed by atoms with E-state index in [9.17, 15) is 4.91 Å². The van der Waals surface area contributed by atoms with Crippen molar-refractivity contribution in [2.45, 2.75) is 64.4 Å². The van der Waals surface area contributed by atoms with Crippen molar-refractivity contribution < 1.29 is 9.47 Å². The van der Waals surface area contributed by atoms with Gasteiger partial charge in [0, 0.05) is 12.8 Å². The monoisotopic (exact) mass is 239 g/mol. The van der Waals surface area contributed by atoms with Gasteiger partial charge < -0.3 is 9.47 Å². The number of ether oxygens (including phenoxy) is 2. The minimum absolute atomic E-state index is 0.130. The standard InChI is InChI=1S/C13H21NO3/c1-4-5-6-7-8-9-11-12(10-14-15)17-13(2,3)16-11/h11-12H,4-6,9-10H2,1-3H3. The average Bonchev–Trinajstić information content (AvgIpc) is 2.54. The molecule has 1 aliphatic heterocycles. The van der Waals surface area contributed by atoms with E-state index in [1.165, 1.54) is 0 Å². The van der Waals surface area contributed by atoms with Gasteiger partial charge in [-0.1, -0.05) is 18.5 Å². The Bertz CT molecular complexity index is 304. The van der Waals surface area contributed by atoms with E-state index in [1.807, 2.05) is 13.8 Å². The fraction of sp³-hybridized carbons (Fsp3) is 0.846. The molecule has 0 radical (unpaired) electrons. The quantitative estimate of drug-likeness (QED) is 0.421. The lowest BCUT2D eigenvalue weighted by Gasteiger charge is -2.16. The molecule has 0 aromatic heterocycles. The van der Waals surface area contributed by atoms with Gasteiger partial charge in [0.05, 0.1) is 0 Å². The third kappa shape index (κ3) is 4.84. The molecule has 1 heterocycles. The fourth-order valence-electron chi connectivity index (χ4n) is 1.84. The molecular weight excluding hydrogens is 218 g/mol. The van der Waals surface area contributed by atoms with Gasteiger partial charge in [0.15, 0.2) is 5.79 Å². The van der Waals surface area contributed by atoms with Crippen molar-refractivity contribution in [1.82, 2.24) is 0 Å². The maximum absolute atomic E-state index is 10.3. The first-order valence-electron chi connectivity index (χ1n) is 6.19. The lowest BCUT2D eigenvalue weighted by atomic mass is 10.1. The zero-order valence-corrected chi connectivity index (χ0v) is 10.9. The van der Waals surface area contributed by atoms with Crippen LogP contribution in [0.2, 0.25) is 0 Å². The van der Waals surface area contributed by atoms with E-state index >= 15 is 0 Å². The zero-order chi connectivity index (χ0) is 12.7. The molecule has 0 bridgehead atoms. The number of hydrogen-bond donors (Lipinski definition) is 0. The molecule has 0 aromatic rings. The summed E-state index contributed by atoms with van der Waals surface area (Å²) in [5.41, 5.74) is 0. The van der Waals surface area contributed by atoms with Gasteiger partial charge in [-0.3, -0.25) is 0 Å². The van der Waals surface area contributed by atoms with E-state index in [1.54, 1.807) is 0 Å². The first-order chi connectivity index (χ1) is 8.09. The molecule has 0 amide bonds. The lowest BCUT2D eigenvalue weighted by molar-refractivity contribution is -0.145. The van der Waals surface area contributed by atoms with Crippen molar-refractivity contribution in [1.29, 1.82) is 0 Å². The Morgan fingerprint density at radius 3 is 2.59 bits per heavy atom. The largest absolute Gasteiger partial charge is 0.344 e. The van der Waals surface area contributed by atoms with Crippen molar-refractivity contribution in [3.63, 3.8) is 0 Å². The molecule has 2 atom stereocenters. The summed E-state index contributed by atoms with van der Waals surface area (Å²) in [6.07, 6.45) is 3.40. The molecule has 4 nitrogen and oxygen atoms in total. The molecule has 0 N–H and O–H groups in total. The summed E-state index contributed by atoms with van der Waals surface area (Å²) in [6.45, 7) is 5.96. The summed E-state index contributed by atoms with van der Waals surface area (Å²) in [4.78, 5) is 10.3. The molecule has 0 spiro atoms. The average molecular weight is 239 g/mol. The smallest absolute Gasteiger partial charge is 0.163 e. The fourth-order valence-corrected chi connectivity index (χ4v) is 1.84. The highest BCUT2D eigenvalue weighted by molar-refractivity contribution is 5.02. The third-order valence-electron chi connectivity index (χ3n) is 2.62. The van der Waals surface area contributed by atoms with Crippen LogP contribution >= 0.6 is 0 Å². The van der Waals surface area contributed by atoms with Crippen LogP contribution in [0.4, 0.5) is 0 Å². The van der Waals surface area contributed by atoms with Crippen LogP contribution in [-0.2, 0) is 9.47 Å². The van der Waals surface area contributed by atoms with Gasteiger partial charge in [-0.15, -0.1) is 11.8 Å². The highest BCUT2D eigenvalue weighted by Gasteiger charge is 2.40. The van der Waals surface area contributed by atoms with Crippen LogP contribution in [0.3, 0.4) is 0 Å². The Kier molecular flexibility index (Phi) is 5.60. The second-order valence-corrected chi connectivity index (χ2v) is 4.69. The molecule has 1 aliphatic rings. The van der Waals surface area contributed by atoms with Crippen LogP contribution in [0.15, 0.2) is 5.18 Å². The van der Waals surface area contributed by atoms with Gasteiger partial charge in [0.1, 0.15) is 18.8 Å². The van der Waals surface area contributed by atoms with Crippen molar-refractivity contribution in [2.75, 3.05) is 6.54 Å². The van der Waals surface area contributed by atoms with Gasteiger partial charge in [-0.05, 0) is 20.3 Å². The molecule has 0 saturated carbocycles. The molecule has 2 unspecified atom stereocenters. The Morgan fingerprint density at radius 2 is 1.94 bits per heavy atom. The number of rotatable bonds is 5. The van der Waals surface area contributed by atoms with Gasteiger partial charge >= 0.3 is 0 Å². The van der Waals surface area contributed by atoms with E-state index in [4.69, 9.17) is 9.47 Å². The minimum Gasteiger partial charge on any atom is -0.344 e. The van der Waals surface area contributed by atoms with E-state index in [0.29, 0.717) is 6.42 Å². The molecule has 1 fully saturated rings. The number of hydrogen-bond acceptors (Lipinski definition) is 4. The second kappa shape index (κ2) is 6.73. The summed E-state index contributed by atoms with van der Waals surface area (Å²) in [5, 5.41) is 2.89. The van der Waals surface area contributed by atoms with E-state index < -0.39 is 5.79 Å².